The van der Waals surface area contributed by atoms with Crippen molar-refractivity contribution in [2.24, 2.45) is 0 Å². The average Bonchev–Trinajstić information content (AvgIpc) is 1.96. The number of ether oxygens (including phenoxy) is 1. The summed E-state index contributed by atoms with van der Waals surface area (Å²) < 4.78 is 32.5. The fourth-order valence-corrected chi connectivity index (χ4v) is 0.636. The second kappa shape index (κ2) is 4.68. The van der Waals surface area contributed by atoms with E-state index in [1.54, 1.807) is 0 Å². The van der Waals surface area contributed by atoms with Gasteiger partial charge in [0, 0.05) is 6.08 Å². The zero-order valence-corrected chi connectivity index (χ0v) is 7.11. The van der Waals surface area contributed by atoms with Crippen LogP contribution in [0.3, 0.4) is 0 Å². The molecule has 0 radical (unpaired) electrons. The minimum atomic E-state index is -4.11. The van der Waals surface area contributed by atoms with E-state index in [-0.39, 0.29) is 0 Å². The third-order valence-corrected chi connectivity index (χ3v) is 1.30. The number of hydrogen-bond acceptors (Lipinski definition) is 4. The third-order valence-electron chi connectivity index (χ3n) is 0.795. The Kier molecular flexibility index (Phi) is 4.24. The van der Waals surface area contributed by atoms with Crippen molar-refractivity contribution in [3.05, 3.63) is 23.6 Å². The molecule has 0 bridgehead atoms. The van der Waals surface area contributed by atoms with Gasteiger partial charge in [-0.15, -0.1) is 0 Å². The van der Waals surface area contributed by atoms with Crippen LogP contribution in [0.1, 0.15) is 0 Å². The van der Waals surface area contributed by atoms with Gasteiger partial charge in [-0.05, 0) is 6.08 Å². The van der Waals surface area contributed by atoms with E-state index in [0.717, 1.165) is 18.2 Å². The van der Waals surface area contributed by atoms with Crippen LogP contribution < -0.4 is 0 Å². The van der Waals surface area contributed by atoms with Gasteiger partial charge in [0.1, 0.15) is 0 Å². The molecule has 0 atom stereocenters. The Morgan fingerprint density at radius 2 is 2.00 bits per heavy atom. The quantitative estimate of drug-likeness (QED) is 0.297. The highest BCUT2D eigenvalue weighted by atomic mass is 32.2. The summed E-state index contributed by atoms with van der Waals surface area (Å²) in [5.74, 6) is -0.602. The van der Waals surface area contributed by atoms with Gasteiger partial charge >= 0.3 is 5.97 Å². The van der Waals surface area contributed by atoms with Gasteiger partial charge in [0.05, 0.1) is 12.5 Å². The molecule has 0 rings (SSSR count). The molecule has 0 saturated heterocycles. The summed E-state index contributed by atoms with van der Waals surface area (Å²) in [5, 5.41) is 0.548. The molecule has 1 N–H and O–H groups in total. The topological polar surface area (TPSA) is 80.7 Å². The SMILES string of the molecule is COC(=O)C=CC=CS(=O)(=O)O. The van der Waals surface area contributed by atoms with Gasteiger partial charge in [-0.1, -0.05) is 6.08 Å². The van der Waals surface area contributed by atoms with Crippen molar-refractivity contribution in [3.8, 4) is 0 Å². The molecule has 0 aromatic heterocycles. The molecule has 12 heavy (non-hydrogen) atoms. The van der Waals surface area contributed by atoms with E-state index in [1.807, 2.05) is 0 Å². The second-order valence-corrected chi connectivity index (χ2v) is 3.03. The maximum Gasteiger partial charge on any atom is 0.330 e. The Balaban J connectivity index is 4.08. The van der Waals surface area contributed by atoms with Crippen LogP contribution in [-0.2, 0) is 19.6 Å². The van der Waals surface area contributed by atoms with Gasteiger partial charge < -0.3 is 4.74 Å². The summed E-state index contributed by atoms with van der Waals surface area (Å²) in [6.45, 7) is 0. The van der Waals surface area contributed by atoms with Crippen molar-refractivity contribution >= 4 is 16.1 Å². The standard InChI is InChI=1S/C6H8O5S/c1-11-6(7)4-2-3-5-12(8,9)10/h2-5H,1H3,(H,8,9,10). The summed E-state index contributed by atoms with van der Waals surface area (Å²) in [7, 11) is -2.92. The van der Waals surface area contributed by atoms with E-state index >= 15 is 0 Å². The summed E-state index contributed by atoms with van der Waals surface area (Å²) >= 11 is 0. The summed E-state index contributed by atoms with van der Waals surface area (Å²) in [5.41, 5.74) is 0. The first-order valence-electron chi connectivity index (χ1n) is 2.86. The lowest BCUT2D eigenvalue weighted by molar-refractivity contribution is -0.134. The maximum absolute atomic E-state index is 10.4. The lowest BCUT2D eigenvalue weighted by atomic mass is 10.5. The van der Waals surface area contributed by atoms with Gasteiger partial charge in [0.2, 0.25) is 0 Å². The molecule has 0 aromatic carbocycles. The molecule has 0 aliphatic carbocycles. The molecule has 0 saturated carbocycles. The molecule has 5 nitrogen and oxygen atoms in total. The minimum Gasteiger partial charge on any atom is -0.466 e. The van der Waals surface area contributed by atoms with Crippen molar-refractivity contribution in [1.82, 2.24) is 0 Å². The Labute approximate surface area is 70.1 Å². The Hall–Kier alpha value is -1.14. The lowest BCUT2D eigenvalue weighted by Crippen LogP contribution is -1.93. The van der Waals surface area contributed by atoms with E-state index in [9.17, 15) is 13.2 Å². The van der Waals surface area contributed by atoms with Crippen LogP contribution in [0.25, 0.3) is 0 Å². The Morgan fingerprint density at radius 1 is 1.42 bits per heavy atom. The molecule has 0 heterocycles. The van der Waals surface area contributed by atoms with Gasteiger partial charge in [-0.25, -0.2) is 4.79 Å². The van der Waals surface area contributed by atoms with Gasteiger partial charge in [0.25, 0.3) is 10.1 Å². The Morgan fingerprint density at radius 3 is 2.42 bits per heavy atom. The highest BCUT2D eigenvalue weighted by Gasteiger charge is 1.92. The van der Waals surface area contributed by atoms with Crippen LogP contribution in [0.15, 0.2) is 23.6 Å². The molecule has 0 spiro atoms. The number of hydrogen-bond donors (Lipinski definition) is 1. The summed E-state index contributed by atoms with van der Waals surface area (Å²) in [6, 6.07) is 0. The monoisotopic (exact) mass is 192 g/mol. The first-order chi connectivity index (χ1) is 5.45. The molecule has 68 valence electrons. The van der Waals surface area contributed by atoms with E-state index in [1.165, 1.54) is 7.11 Å². The predicted octanol–water partition coefficient (Wildman–Crippen LogP) is 0.117. The van der Waals surface area contributed by atoms with E-state index in [4.69, 9.17) is 4.55 Å². The fraction of sp³-hybridized carbons (Fsp3) is 0.167. The van der Waals surface area contributed by atoms with E-state index < -0.39 is 16.1 Å². The molecule has 0 aromatic rings. The van der Waals surface area contributed by atoms with Gasteiger partial charge in [0.15, 0.2) is 0 Å². The lowest BCUT2D eigenvalue weighted by Gasteiger charge is -1.86. The van der Waals surface area contributed by atoms with Gasteiger partial charge in [-0.3, -0.25) is 4.55 Å². The van der Waals surface area contributed by atoms with Gasteiger partial charge in [-0.2, -0.15) is 8.42 Å². The van der Waals surface area contributed by atoms with E-state index in [0.29, 0.717) is 5.41 Å². The van der Waals surface area contributed by atoms with Crippen molar-refractivity contribution < 1.29 is 22.5 Å². The molecular weight excluding hydrogens is 184 g/mol. The highest BCUT2D eigenvalue weighted by Crippen LogP contribution is 1.86. The first kappa shape index (κ1) is 10.9. The summed E-state index contributed by atoms with van der Waals surface area (Å²) in [6.07, 6.45) is 3.16. The van der Waals surface area contributed by atoms with Crippen LogP contribution in [0.4, 0.5) is 0 Å². The van der Waals surface area contributed by atoms with Crippen molar-refractivity contribution in [2.45, 2.75) is 0 Å². The van der Waals surface area contributed by atoms with E-state index in [2.05, 4.69) is 4.74 Å². The number of carbonyl (C=O) groups is 1. The smallest absolute Gasteiger partial charge is 0.330 e. The van der Waals surface area contributed by atoms with Crippen molar-refractivity contribution in [3.63, 3.8) is 0 Å². The number of allylic oxidation sites excluding steroid dienone is 2. The molecule has 6 heteroatoms. The van der Waals surface area contributed by atoms with Crippen LogP contribution in [0.2, 0.25) is 0 Å². The van der Waals surface area contributed by atoms with Crippen LogP contribution in [-0.4, -0.2) is 26.0 Å². The number of rotatable bonds is 3. The number of carbonyl (C=O) groups excluding carboxylic acids is 1. The number of esters is 1. The fourth-order valence-electron chi connectivity index (χ4n) is 0.347. The zero-order valence-electron chi connectivity index (χ0n) is 6.30. The molecule has 0 fully saturated rings. The average molecular weight is 192 g/mol. The second-order valence-electron chi connectivity index (χ2n) is 1.73. The normalized spacial score (nSPS) is 12.5. The minimum absolute atomic E-state index is 0.548. The summed E-state index contributed by atoms with van der Waals surface area (Å²) in [4.78, 5) is 10.4. The van der Waals surface area contributed by atoms with Crippen LogP contribution >= 0.6 is 0 Å². The molecular formula is C6H8O5S. The predicted molar refractivity (Wildman–Crippen MR) is 41.8 cm³/mol. The third kappa shape index (κ3) is 6.97. The van der Waals surface area contributed by atoms with Crippen LogP contribution in [0.5, 0.6) is 0 Å². The molecule has 0 amide bonds. The number of methoxy groups -OCH3 is 1. The van der Waals surface area contributed by atoms with Crippen LogP contribution in [0, 0.1) is 0 Å². The molecule has 0 unspecified atom stereocenters. The molecule has 0 aliphatic heterocycles. The maximum atomic E-state index is 10.4. The zero-order chi connectivity index (χ0) is 9.61. The largest absolute Gasteiger partial charge is 0.466 e. The Bertz CT molecular complexity index is 298. The first-order valence-corrected chi connectivity index (χ1v) is 4.36. The highest BCUT2D eigenvalue weighted by molar-refractivity contribution is 7.88. The molecule has 0 aliphatic rings. The van der Waals surface area contributed by atoms with Crippen molar-refractivity contribution in [1.29, 1.82) is 0 Å². The van der Waals surface area contributed by atoms with Crippen molar-refractivity contribution in [2.75, 3.05) is 7.11 Å².